The standard InChI is InChI=1S/C20H19N3O6S/c1-10-4-7-16(18(24)21-10)23-19(25)14-6-5-13(9-15(14)20(23)26)22-30(27,28)17-8-11(2)29-12(17)3/h5-6,8-9,16,22H,1,4,7H2,2-3H3,(H,21,24). The summed E-state index contributed by atoms with van der Waals surface area (Å²) >= 11 is 0. The Morgan fingerprint density at radius 3 is 2.47 bits per heavy atom. The van der Waals surface area contributed by atoms with Crippen molar-refractivity contribution in [2.24, 2.45) is 0 Å². The summed E-state index contributed by atoms with van der Waals surface area (Å²) in [5.41, 5.74) is 0.818. The summed E-state index contributed by atoms with van der Waals surface area (Å²) in [7, 11) is -3.95. The average molecular weight is 429 g/mol. The summed E-state index contributed by atoms with van der Waals surface area (Å²) in [6, 6.07) is 4.54. The topological polar surface area (TPSA) is 126 Å². The number of nitrogens with one attached hydrogen (secondary N) is 2. The van der Waals surface area contributed by atoms with E-state index in [-0.39, 0.29) is 33.9 Å². The van der Waals surface area contributed by atoms with Crippen LogP contribution in [-0.4, -0.2) is 37.1 Å². The fourth-order valence-electron chi connectivity index (χ4n) is 3.70. The second-order valence-electron chi connectivity index (χ2n) is 7.27. The molecule has 1 aromatic heterocycles. The van der Waals surface area contributed by atoms with Gasteiger partial charge in [0.1, 0.15) is 22.5 Å². The molecule has 1 atom stereocenters. The number of anilines is 1. The molecule has 0 radical (unpaired) electrons. The molecule has 10 heteroatoms. The van der Waals surface area contributed by atoms with E-state index in [1.807, 2.05) is 0 Å². The van der Waals surface area contributed by atoms with Crippen molar-refractivity contribution in [3.8, 4) is 0 Å². The van der Waals surface area contributed by atoms with E-state index in [0.29, 0.717) is 17.9 Å². The quantitative estimate of drug-likeness (QED) is 0.717. The predicted molar refractivity (Wildman–Crippen MR) is 106 cm³/mol. The van der Waals surface area contributed by atoms with Gasteiger partial charge < -0.3 is 9.73 Å². The van der Waals surface area contributed by atoms with Gasteiger partial charge in [-0.3, -0.25) is 24.0 Å². The van der Waals surface area contributed by atoms with Crippen molar-refractivity contribution < 1.29 is 27.2 Å². The van der Waals surface area contributed by atoms with Crippen molar-refractivity contribution in [2.45, 2.75) is 37.6 Å². The number of furan rings is 1. The maximum Gasteiger partial charge on any atom is 0.265 e. The van der Waals surface area contributed by atoms with Crippen LogP contribution in [0.2, 0.25) is 0 Å². The van der Waals surface area contributed by atoms with E-state index >= 15 is 0 Å². The van der Waals surface area contributed by atoms with Crippen LogP contribution >= 0.6 is 0 Å². The smallest absolute Gasteiger partial charge is 0.265 e. The molecule has 2 N–H and O–H groups in total. The number of nitrogens with zero attached hydrogens (tertiary/aromatic N) is 1. The highest BCUT2D eigenvalue weighted by atomic mass is 32.2. The lowest BCUT2D eigenvalue weighted by atomic mass is 10.0. The normalized spacial score (nSPS) is 19.1. The number of benzene rings is 1. The molecule has 0 saturated carbocycles. The van der Waals surface area contributed by atoms with Gasteiger partial charge in [-0.1, -0.05) is 6.58 Å². The monoisotopic (exact) mass is 429 g/mol. The third kappa shape index (κ3) is 3.18. The van der Waals surface area contributed by atoms with E-state index in [1.165, 1.54) is 31.2 Å². The average Bonchev–Trinajstić information content (AvgIpc) is 3.12. The second kappa shape index (κ2) is 6.84. The Balaban J connectivity index is 1.63. The molecule has 1 saturated heterocycles. The zero-order chi connectivity index (χ0) is 21.8. The Bertz CT molecular complexity index is 1230. The molecule has 156 valence electrons. The molecule has 0 spiro atoms. The third-order valence-corrected chi connectivity index (χ3v) is 6.58. The van der Waals surface area contributed by atoms with E-state index in [0.717, 1.165) is 4.90 Å². The highest BCUT2D eigenvalue weighted by Gasteiger charge is 2.44. The van der Waals surface area contributed by atoms with Crippen molar-refractivity contribution in [3.63, 3.8) is 0 Å². The van der Waals surface area contributed by atoms with Crippen LogP contribution < -0.4 is 10.0 Å². The van der Waals surface area contributed by atoms with E-state index in [1.54, 1.807) is 6.92 Å². The first-order valence-corrected chi connectivity index (χ1v) is 10.7. The van der Waals surface area contributed by atoms with Crippen LogP contribution in [0.3, 0.4) is 0 Å². The van der Waals surface area contributed by atoms with Crippen molar-refractivity contribution in [2.75, 3.05) is 4.72 Å². The maximum atomic E-state index is 12.9. The number of rotatable bonds is 4. The zero-order valence-corrected chi connectivity index (χ0v) is 17.1. The number of carbonyl (C=O) groups is 3. The molecule has 0 aliphatic carbocycles. The summed E-state index contributed by atoms with van der Waals surface area (Å²) in [5.74, 6) is -1.000. The summed E-state index contributed by atoms with van der Waals surface area (Å²) in [6.07, 6.45) is 0.743. The van der Waals surface area contributed by atoms with Gasteiger partial charge in [0.15, 0.2) is 0 Å². The number of sulfonamides is 1. The first-order valence-electron chi connectivity index (χ1n) is 9.19. The minimum Gasteiger partial charge on any atom is -0.465 e. The van der Waals surface area contributed by atoms with Crippen LogP contribution in [-0.2, 0) is 14.8 Å². The number of fused-ring (bicyclic) bond motifs is 1. The van der Waals surface area contributed by atoms with Crippen LogP contribution in [0.15, 0.2) is 45.9 Å². The molecule has 1 aromatic carbocycles. The van der Waals surface area contributed by atoms with Crippen LogP contribution in [0.4, 0.5) is 5.69 Å². The Kier molecular flexibility index (Phi) is 4.53. The number of allylic oxidation sites excluding steroid dienone is 1. The van der Waals surface area contributed by atoms with Crippen LogP contribution in [0.5, 0.6) is 0 Å². The van der Waals surface area contributed by atoms with Crippen LogP contribution in [0.1, 0.15) is 45.1 Å². The highest BCUT2D eigenvalue weighted by molar-refractivity contribution is 7.92. The molecule has 1 fully saturated rings. The van der Waals surface area contributed by atoms with Gasteiger partial charge in [0.05, 0.1) is 11.1 Å². The van der Waals surface area contributed by atoms with Crippen molar-refractivity contribution in [1.82, 2.24) is 10.2 Å². The minimum absolute atomic E-state index is 0.0105. The SMILES string of the molecule is C=C1CCC(N2C(=O)c3ccc(NS(=O)(=O)c4cc(C)oc4C)cc3C2=O)C(=O)N1. The second-order valence-corrected chi connectivity index (χ2v) is 8.92. The summed E-state index contributed by atoms with van der Waals surface area (Å²) < 4.78 is 33.0. The molecule has 4 rings (SSSR count). The Labute approximate surface area is 172 Å². The van der Waals surface area contributed by atoms with Gasteiger partial charge in [0, 0.05) is 17.5 Å². The van der Waals surface area contributed by atoms with E-state index in [2.05, 4.69) is 16.6 Å². The van der Waals surface area contributed by atoms with Crippen molar-refractivity contribution >= 4 is 33.4 Å². The number of imide groups is 1. The molecule has 2 aliphatic heterocycles. The first-order chi connectivity index (χ1) is 14.1. The van der Waals surface area contributed by atoms with Crippen molar-refractivity contribution in [1.29, 1.82) is 0 Å². The van der Waals surface area contributed by atoms with Crippen LogP contribution in [0.25, 0.3) is 0 Å². The molecule has 2 aromatic rings. The van der Waals surface area contributed by atoms with Gasteiger partial charge in [-0.25, -0.2) is 8.42 Å². The molecule has 30 heavy (non-hydrogen) atoms. The lowest BCUT2D eigenvalue weighted by Crippen LogP contribution is -2.51. The molecule has 0 bridgehead atoms. The molecule has 1 unspecified atom stereocenters. The summed E-state index contributed by atoms with van der Waals surface area (Å²) in [4.78, 5) is 38.8. The van der Waals surface area contributed by atoms with Crippen molar-refractivity contribution in [3.05, 3.63) is 59.2 Å². The third-order valence-electron chi connectivity index (χ3n) is 5.09. The maximum absolute atomic E-state index is 12.9. The van der Waals surface area contributed by atoms with Gasteiger partial charge >= 0.3 is 0 Å². The zero-order valence-electron chi connectivity index (χ0n) is 16.3. The van der Waals surface area contributed by atoms with E-state index in [4.69, 9.17) is 4.42 Å². The summed E-state index contributed by atoms with van der Waals surface area (Å²) in [6.45, 7) is 6.86. The fraction of sp³-hybridized carbons (Fsp3) is 0.250. The molecule has 2 aliphatic rings. The van der Waals surface area contributed by atoms with E-state index in [9.17, 15) is 22.8 Å². The fourth-order valence-corrected chi connectivity index (χ4v) is 4.99. The van der Waals surface area contributed by atoms with Gasteiger partial charge in [0.25, 0.3) is 21.8 Å². The van der Waals surface area contributed by atoms with Gasteiger partial charge in [0.2, 0.25) is 5.91 Å². The Morgan fingerprint density at radius 1 is 1.13 bits per heavy atom. The molecule has 9 nitrogen and oxygen atoms in total. The molecular formula is C20H19N3O6S. The number of piperidine rings is 1. The number of hydrogen-bond donors (Lipinski definition) is 2. The van der Waals surface area contributed by atoms with Gasteiger partial charge in [-0.2, -0.15) is 0 Å². The van der Waals surface area contributed by atoms with Gasteiger partial charge in [-0.15, -0.1) is 0 Å². The number of hydrogen-bond acceptors (Lipinski definition) is 6. The number of carbonyl (C=O) groups excluding carboxylic acids is 3. The summed E-state index contributed by atoms with van der Waals surface area (Å²) in [5, 5.41) is 2.56. The number of aryl methyl sites for hydroxylation is 2. The van der Waals surface area contributed by atoms with Gasteiger partial charge in [-0.05, 0) is 44.9 Å². The highest BCUT2D eigenvalue weighted by Crippen LogP contribution is 2.31. The lowest BCUT2D eigenvalue weighted by molar-refractivity contribution is -0.125. The molecular weight excluding hydrogens is 410 g/mol. The Morgan fingerprint density at radius 2 is 1.83 bits per heavy atom. The largest absolute Gasteiger partial charge is 0.465 e. The lowest BCUT2D eigenvalue weighted by Gasteiger charge is -2.29. The molecule has 3 amide bonds. The Hall–Kier alpha value is -3.40. The first kappa shape index (κ1) is 19.9. The molecule has 3 heterocycles. The van der Waals surface area contributed by atoms with Crippen LogP contribution in [0, 0.1) is 13.8 Å². The minimum atomic E-state index is -3.95. The number of amides is 3. The van der Waals surface area contributed by atoms with E-state index < -0.39 is 33.8 Å². The predicted octanol–water partition coefficient (Wildman–Crippen LogP) is 2.09.